The van der Waals surface area contributed by atoms with Crippen LogP contribution < -0.4 is 5.32 Å². The summed E-state index contributed by atoms with van der Waals surface area (Å²) < 4.78 is 1.49. The SMILES string of the molecule is Cc1cc(C(=O)NCC(Cc2ccccc2C)C(=O)O)n(C)n1. The van der Waals surface area contributed by atoms with Crippen LogP contribution in [0.3, 0.4) is 0 Å². The van der Waals surface area contributed by atoms with Gasteiger partial charge < -0.3 is 10.4 Å². The van der Waals surface area contributed by atoms with Crippen LogP contribution in [0, 0.1) is 19.8 Å². The summed E-state index contributed by atoms with van der Waals surface area (Å²) in [4.78, 5) is 23.6. The Morgan fingerprint density at radius 2 is 2.00 bits per heavy atom. The van der Waals surface area contributed by atoms with Crippen molar-refractivity contribution in [2.45, 2.75) is 20.3 Å². The van der Waals surface area contributed by atoms with E-state index in [-0.39, 0.29) is 12.5 Å². The Bertz CT molecular complexity index is 722. The Labute approximate surface area is 135 Å². The largest absolute Gasteiger partial charge is 0.481 e. The number of carboxylic acid groups (broad SMARTS) is 1. The van der Waals surface area contributed by atoms with E-state index in [1.54, 1.807) is 20.0 Å². The molecular formula is C17H21N3O3. The lowest BCUT2D eigenvalue weighted by Crippen LogP contribution is -2.35. The molecular weight excluding hydrogens is 294 g/mol. The van der Waals surface area contributed by atoms with Gasteiger partial charge in [0, 0.05) is 13.6 Å². The highest BCUT2D eigenvalue weighted by Gasteiger charge is 2.21. The van der Waals surface area contributed by atoms with Crippen molar-refractivity contribution in [3.8, 4) is 0 Å². The van der Waals surface area contributed by atoms with Gasteiger partial charge in [-0.05, 0) is 37.5 Å². The summed E-state index contributed by atoms with van der Waals surface area (Å²) in [6, 6.07) is 9.34. The number of aliphatic carboxylic acids is 1. The van der Waals surface area contributed by atoms with Crippen LogP contribution in [0.1, 0.15) is 27.3 Å². The number of nitrogens with zero attached hydrogens (tertiary/aromatic N) is 2. The van der Waals surface area contributed by atoms with Crippen molar-refractivity contribution >= 4 is 11.9 Å². The number of amides is 1. The molecule has 0 bridgehead atoms. The Kier molecular flexibility index (Phi) is 5.16. The van der Waals surface area contributed by atoms with E-state index >= 15 is 0 Å². The van der Waals surface area contributed by atoms with Crippen molar-refractivity contribution in [1.82, 2.24) is 15.1 Å². The topological polar surface area (TPSA) is 84.2 Å². The molecule has 0 saturated carbocycles. The van der Waals surface area contributed by atoms with E-state index in [0.29, 0.717) is 12.1 Å². The van der Waals surface area contributed by atoms with E-state index in [1.165, 1.54) is 4.68 Å². The molecule has 2 N–H and O–H groups in total. The zero-order valence-corrected chi connectivity index (χ0v) is 13.5. The van der Waals surface area contributed by atoms with Crippen LogP contribution in [0.5, 0.6) is 0 Å². The first kappa shape index (κ1) is 16.7. The zero-order valence-electron chi connectivity index (χ0n) is 13.5. The van der Waals surface area contributed by atoms with Gasteiger partial charge in [-0.1, -0.05) is 24.3 Å². The fraction of sp³-hybridized carbons (Fsp3) is 0.353. The van der Waals surface area contributed by atoms with Gasteiger partial charge >= 0.3 is 5.97 Å². The molecule has 1 amide bonds. The Balaban J connectivity index is 2.03. The summed E-state index contributed by atoms with van der Waals surface area (Å²) in [5, 5.41) is 16.2. The van der Waals surface area contributed by atoms with Crippen molar-refractivity contribution in [2.75, 3.05) is 6.54 Å². The minimum atomic E-state index is -0.922. The maximum atomic E-state index is 12.2. The molecule has 0 fully saturated rings. The molecule has 2 aromatic rings. The molecule has 1 aromatic carbocycles. The lowest BCUT2D eigenvalue weighted by Gasteiger charge is -2.15. The van der Waals surface area contributed by atoms with Crippen molar-refractivity contribution in [3.05, 3.63) is 52.8 Å². The monoisotopic (exact) mass is 315 g/mol. The maximum absolute atomic E-state index is 12.2. The van der Waals surface area contributed by atoms with E-state index < -0.39 is 11.9 Å². The van der Waals surface area contributed by atoms with Crippen LogP contribution >= 0.6 is 0 Å². The van der Waals surface area contributed by atoms with Crippen molar-refractivity contribution in [3.63, 3.8) is 0 Å². The number of benzene rings is 1. The van der Waals surface area contributed by atoms with Crippen molar-refractivity contribution in [1.29, 1.82) is 0 Å². The predicted octanol–water partition coefficient (Wildman–Crippen LogP) is 1.71. The number of aromatic nitrogens is 2. The summed E-state index contributed by atoms with van der Waals surface area (Å²) >= 11 is 0. The lowest BCUT2D eigenvalue weighted by molar-refractivity contribution is -0.141. The summed E-state index contributed by atoms with van der Waals surface area (Å²) in [5.74, 6) is -1.91. The van der Waals surface area contributed by atoms with E-state index in [9.17, 15) is 14.7 Å². The van der Waals surface area contributed by atoms with Gasteiger partial charge in [0.1, 0.15) is 5.69 Å². The second-order valence-corrected chi connectivity index (χ2v) is 5.67. The molecule has 2 rings (SSSR count). The molecule has 0 radical (unpaired) electrons. The van der Waals surface area contributed by atoms with Crippen molar-refractivity contribution < 1.29 is 14.7 Å². The predicted molar refractivity (Wildman–Crippen MR) is 86.3 cm³/mol. The average molecular weight is 315 g/mol. The molecule has 0 aliphatic carbocycles. The fourth-order valence-corrected chi connectivity index (χ4v) is 2.48. The fourth-order valence-electron chi connectivity index (χ4n) is 2.48. The standard InChI is InChI=1S/C17H21N3O3/c1-11-6-4-5-7-13(11)9-14(17(22)23)10-18-16(21)15-8-12(2)19-20(15)3/h4-8,14H,9-10H2,1-3H3,(H,18,21)(H,22,23). The highest BCUT2D eigenvalue weighted by Crippen LogP contribution is 2.13. The molecule has 1 unspecified atom stereocenters. The highest BCUT2D eigenvalue weighted by molar-refractivity contribution is 5.92. The second-order valence-electron chi connectivity index (χ2n) is 5.67. The number of nitrogens with one attached hydrogen (secondary N) is 1. The molecule has 23 heavy (non-hydrogen) atoms. The Hall–Kier alpha value is -2.63. The molecule has 0 aliphatic rings. The smallest absolute Gasteiger partial charge is 0.308 e. The average Bonchev–Trinajstić information content (AvgIpc) is 2.83. The molecule has 122 valence electrons. The molecule has 6 nitrogen and oxygen atoms in total. The Morgan fingerprint density at radius 3 is 2.57 bits per heavy atom. The van der Waals surface area contributed by atoms with E-state index in [4.69, 9.17) is 0 Å². The summed E-state index contributed by atoms with van der Waals surface area (Å²) in [7, 11) is 1.68. The van der Waals surface area contributed by atoms with Crippen LogP contribution in [0.15, 0.2) is 30.3 Å². The van der Waals surface area contributed by atoms with E-state index in [1.807, 2.05) is 31.2 Å². The van der Waals surface area contributed by atoms with E-state index in [0.717, 1.165) is 16.8 Å². The van der Waals surface area contributed by atoms with Crippen LogP contribution in [-0.2, 0) is 18.3 Å². The van der Waals surface area contributed by atoms with Gasteiger partial charge in [0.25, 0.3) is 5.91 Å². The van der Waals surface area contributed by atoms with Gasteiger partial charge in [0.2, 0.25) is 0 Å². The summed E-state index contributed by atoms with van der Waals surface area (Å²) in [6.45, 7) is 3.83. The summed E-state index contributed by atoms with van der Waals surface area (Å²) in [6.07, 6.45) is 0.382. The number of carbonyl (C=O) groups is 2. The molecule has 0 aliphatic heterocycles. The molecule has 1 heterocycles. The molecule has 1 atom stereocenters. The zero-order chi connectivity index (χ0) is 17.0. The van der Waals surface area contributed by atoms with Crippen LogP contribution in [0.4, 0.5) is 0 Å². The lowest BCUT2D eigenvalue weighted by atomic mass is 9.96. The third-order valence-corrected chi connectivity index (χ3v) is 3.82. The van der Waals surface area contributed by atoms with Crippen LogP contribution in [0.2, 0.25) is 0 Å². The van der Waals surface area contributed by atoms with Crippen LogP contribution in [-0.4, -0.2) is 33.3 Å². The minimum Gasteiger partial charge on any atom is -0.481 e. The molecule has 1 aromatic heterocycles. The van der Waals surface area contributed by atoms with E-state index in [2.05, 4.69) is 10.4 Å². The van der Waals surface area contributed by atoms with Gasteiger partial charge in [0.05, 0.1) is 11.6 Å². The van der Waals surface area contributed by atoms with Crippen LogP contribution in [0.25, 0.3) is 0 Å². The molecule has 0 saturated heterocycles. The van der Waals surface area contributed by atoms with Gasteiger partial charge in [-0.3, -0.25) is 14.3 Å². The normalized spacial score (nSPS) is 12.0. The van der Waals surface area contributed by atoms with Gasteiger partial charge in [-0.2, -0.15) is 5.10 Å². The number of hydrogen-bond acceptors (Lipinski definition) is 3. The molecule has 6 heteroatoms. The second kappa shape index (κ2) is 7.09. The number of hydrogen-bond donors (Lipinski definition) is 2. The first-order valence-corrected chi connectivity index (χ1v) is 7.44. The number of carbonyl (C=O) groups excluding carboxylic acids is 1. The summed E-state index contributed by atoms with van der Waals surface area (Å²) in [5.41, 5.74) is 3.19. The number of aryl methyl sites for hydroxylation is 3. The Morgan fingerprint density at radius 1 is 1.30 bits per heavy atom. The number of rotatable bonds is 6. The maximum Gasteiger partial charge on any atom is 0.308 e. The highest BCUT2D eigenvalue weighted by atomic mass is 16.4. The quantitative estimate of drug-likeness (QED) is 0.850. The van der Waals surface area contributed by atoms with Gasteiger partial charge in [-0.25, -0.2) is 0 Å². The first-order valence-electron chi connectivity index (χ1n) is 7.44. The van der Waals surface area contributed by atoms with Crippen molar-refractivity contribution in [2.24, 2.45) is 13.0 Å². The third kappa shape index (κ3) is 4.18. The van der Waals surface area contributed by atoms with Gasteiger partial charge in [-0.15, -0.1) is 0 Å². The first-order chi connectivity index (χ1) is 10.9. The van der Waals surface area contributed by atoms with Gasteiger partial charge in [0.15, 0.2) is 0 Å². The molecule has 0 spiro atoms. The minimum absolute atomic E-state index is 0.0761. The number of carboxylic acids is 1. The third-order valence-electron chi connectivity index (χ3n) is 3.82.